The Labute approximate surface area is 102 Å². The van der Waals surface area contributed by atoms with Crippen LogP contribution in [0.4, 0.5) is 0 Å². The first-order valence-corrected chi connectivity index (χ1v) is 6.05. The van der Waals surface area contributed by atoms with E-state index in [1.807, 2.05) is 18.2 Å². The molecule has 1 fully saturated rings. The summed E-state index contributed by atoms with van der Waals surface area (Å²) < 4.78 is 0. The molecule has 0 amide bonds. The van der Waals surface area contributed by atoms with Crippen molar-refractivity contribution in [2.75, 3.05) is 0 Å². The van der Waals surface area contributed by atoms with Gasteiger partial charge in [-0.05, 0) is 31.3 Å². The van der Waals surface area contributed by atoms with Crippen molar-refractivity contribution in [3.63, 3.8) is 0 Å². The summed E-state index contributed by atoms with van der Waals surface area (Å²) in [6, 6.07) is 11.2. The van der Waals surface area contributed by atoms with E-state index in [1.165, 1.54) is 6.42 Å². The van der Waals surface area contributed by atoms with Crippen molar-refractivity contribution in [2.45, 2.75) is 32.1 Å². The minimum atomic E-state index is -0.120. The minimum Gasteiger partial charge on any atom is -0.288 e. The Hall–Kier alpha value is -1.88. The van der Waals surface area contributed by atoms with Crippen LogP contribution in [0.3, 0.4) is 0 Å². The number of ketones is 1. The first-order chi connectivity index (χ1) is 8.33. The molecule has 0 atom stereocenters. The highest BCUT2D eigenvalue weighted by Crippen LogP contribution is 2.27. The van der Waals surface area contributed by atoms with Crippen LogP contribution in [0.5, 0.6) is 0 Å². The maximum Gasteiger partial charge on any atom is 0.203 e. The van der Waals surface area contributed by atoms with Gasteiger partial charge in [0.1, 0.15) is 6.07 Å². The molecule has 0 bridgehead atoms. The highest BCUT2D eigenvalue weighted by atomic mass is 16.1. The molecule has 17 heavy (non-hydrogen) atoms. The van der Waals surface area contributed by atoms with E-state index in [0.29, 0.717) is 11.1 Å². The van der Waals surface area contributed by atoms with Gasteiger partial charge in [0.15, 0.2) is 0 Å². The SMILES string of the molecule is N#CC(C(=O)c1ccccc1)=C1CCCCC1. The van der Waals surface area contributed by atoms with Gasteiger partial charge in [0.25, 0.3) is 0 Å². The van der Waals surface area contributed by atoms with Crippen LogP contribution in [0.15, 0.2) is 41.5 Å². The minimum absolute atomic E-state index is 0.120. The predicted octanol–water partition coefficient (Wildman–Crippen LogP) is 3.65. The number of rotatable bonds is 2. The predicted molar refractivity (Wildman–Crippen MR) is 66.5 cm³/mol. The number of hydrogen-bond acceptors (Lipinski definition) is 2. The molecule has 0 heterocycles. The van der Waals surface area contributed by atoms with Crippen molar-refractivity contribution in [1.29, 1.82) is 5.26 Å². The molecule has 0 aromatic heterocycles. The van der Waals surface area contributed by atoms with Gasteiger partial charge < -0.3 is 0 Å². The van der Waals surface area contributed by atoms with Crippen molar-refractivity contribution in [2.24, 2.45) is 0 Å². The topological polar surface area (TPSA) is 40.9 Å². The molecule has 0 radical (unpaired) electrons. The summed E-state index contributed by atoms with van der Waals surface area (Å²) >= 11 is 0. The largest absolute Gasteiger partial charge is 0.288 e. The van der Waals surface area contributed by atoms with Crippen LogP contribution < -0.4 is 0 Å². The Morgan fingerprint density at radius 2 is 1.71 bits per heavy atom. The molecular formula is C15H15NO. The number of Topliss-reactive ketones (excluding diaryl/α,β-unsaturated/α-hetero) is 1. The molecule has 1 aromatic carbocycles. The molecule has 2 nitrogen and oxygen atoms in total. The third kappa shape index (κ3) is 2.62. The van der Waals surface area contributed by atoms with E-state index in [9.17, 15) is 10.1 Å². The summed E-state index contributed by atoms with van der Waals surface area (Å²) in [5.74, 6) is -0.120. The van der Waals surface area contributed by atoms with E-state index in [0.717, 1.165) is 31.3 Å². The molecule has 1 aliphatic rings. The van der Waals surface area contributed by atoms with E-state index in [2.05, 4.69) is 6.07 Å². The van der Waals surface area contributed by atoms with Gasteiger partial charge in [0, 0.05) is 5.56 Å². The monoisotopic (exact) mass is 225 g/mol. The molecular weight excluding hydrogens is 210 g/mol. The van der Waals surface area contributed by atoms with E-state index in [-0.39, 0.29) is 5.78 Å². The Morgan fingerprint density at radius 1 is 1.06 bits per heavy atom. The van der Waals surface area contributed by atoms with Gasteiger partial charge in [-0.3, -0.25) is 4.79 Å². The van der Waals surface area contributed by atoms with Gasteiger partial charge in [-0.1, -0.05) is 36.8 Å². The Morgan fingerprint density at radius 3 is 2.29 bits per heavy atom. The highest BCUT2D eigenvalue weighted by Gasteiger charge is 2.18. The van der Waals surface area contributed by atoms with Crippen molar-refractivity contribution < 1.29 is 4.79 Å². The fourth-order valence-corrected chi connectivity index (χ4v) is 2.25. The van der Waals surface area contributed by atoms with E-state index in [1.54, 1.807) is 12.1 Å². The second kappa shape index (κ2) is 5.45. The first kappa shape index (κ1) is 11.6. The van der Waals surface area contributed by atoms with E-state index < -0.39 is 0 Å². The average Bonchev–Trinajstić information content (AvgIpc) is 2.42. The molecule has 2 rings (SSSR count). The molecule has 1 aliphatic carbocycles. The standard InChI is InChI=1S/C15H15NO/c16-11-14(12-7-3-1-4-8-12)15(17)13-9-5-2-6-10-13/h2,5-6,9-10H,1,3-4,7-8H2. The van der Waals surface area contributed by atoms with Crippen LogP contribution in [0.1, 0.15) is 42.5 Å². The summed E-state index contributed by atoms with van der Waals surface area (Å²) in [5.41, 5.74) is 2.03. The summed E-state index contributed by atoms with van der Waals surface area (Å²) in [6.07, 6.45) is 5.22. The van der Waals surface area contributed by atoms with Gasteiger partial charge in [-0.2, -0.15) is 5.26 Å². The summed E-state index contributed by atoms with van der Waals surface area (Å²) in [6.45, 7) is 0. The fourth-order valence-electron chi connectivity index (χ4n) is 2.25. The third-order valence-electron chi connectivity index (χ3n) is 3.19. The van der Waals surface area contributed by atoms with Crippen LogP contribution in [0, 0.1) is 11.3 Å². The van der Waals surface area contributed by atoms with Crippen molar-refractivity contribution in [1.82, 2.24) is 0 Å². The molecule has 0 unspecified atom stereocenters. The van der Waals surface area contributed by atoms with Gasteiger partial charge in [0.05, 0.1) is 5.57 Å². The molecule has 0 N–H and O–H groups in total. The van der Waals surface area contributed by atoms with Crippen molar-refractivity contribution in [3.8, 4) is 6.07 Å². The number of carbonyl (C=O) groups excluding carboxylic acids is 1. The molecule has 86 valence electrons. The van der Waals surface area contributed by atoms with Gasteiger partial charge in [-0.15, -0.1) is 0 Å². The lowest BCUT2D eigenvalue weighted by atomic mass is 9.88. The van der Waals surface area contributed by atoms with E-state index >= 15 is 0 Å². The normalized spacial score (nSPS) is 15.1. The zero-order valence-electron chi connectivity index (χ0n) is 9.78. The molecule has 0 saturated heterocycles. The van der Waals surface area contributed by atoms with Crippen LogP contribution in [-0.2, 0) is 0 Å². The number of benzene rings is 1. The lowest BCUT2D eigenvalue weighted by molar-refractivity contribution is 0.103. The lowest BCUT2D eigenvalue weighted by Gasteiger charge is -2.15. The number of hydrogen-bond donors (Lipinski definition) is 0. The Bertz CT molecular complexity index is 471. The zero-order valence-corrected chi connectivity index (χ0v) is 9.78. The Kier molecular flexibility index (Phi) is 3.72. The van der Waals surface area contributed by atoms with Crippen LogP contribution >= 0.6 is 0 Å². The van der Waals surface area contributed by atoms with E-state index in [4.69, 9.17) is 0 Å². The highest BCUT2D eigenvalue weighted by molar-refractivity contribution is 6.11. The summed E-state index contributed by atoms with van der Waals surface area (Å²) in [4.78, 5) is 12.2. The summed E-state index contributed by atoms with van der Waals surface area (Å²) in [7, 11) is 0. The Balaban J connectivity index is 2.31. The smallest absolute Gasteiger partial charge is 0.203 e. The van der Waals surface area contributed by atoms with Crippen LogP contribution in [-0.4, -0.2) is 5.78 Å². The van der Waals surface area contributed by atoms with Crippen LogP contribution in [0.25, 0.3) is 0 Å². The number of carbonyl (C=O) groups is 1. The van der Waals surface area contributed by atoms with Crippen LogP contribution in [0.2, 0.25) is 0 Å². The molecule has 2 heteroatoms. The fraction of sp³-hybridized carbons (Fsp3) is 0.333. The zero-order chi connectivity index (χ0) is 12.1. The molecule has 0 aliphatic heterocycles. The average molecular weight is 225 g/mol. The van der Waals surface area contributed by atoms with Crippen molar-refractivity contribution >= 4 is 5.78 Å². The summed E-state index contributed by atoms with van der Waals surface area (Å²) in [5, 5.41) is 9.18. The van der Waals surface area contributed by atoms with Gasteiger partial charge in [-0.25, -0.2) is 0 Å². The van der Waals surface area contributed by atoms with Gasteiger partial charge in [0.2, 0.25) is 5.78 Å². The lowest BCUT2D eigenvalue weighted by Crippen LogP contribution is -2.07. The second-order valence-corrected chi connectivity index (χ2v) is 4.35. The number of allylic oxidation sites excluding steroid dienone is 2. The maximum absolute atomic E-state index is 12.2. The maximum atomic E-state index is 12.2. The molecule has 1 saturated carbocycles. The number of nitriles is 1. The quantitative estimate of drug-likeness (QED) is 0.438. The molecule has 1 aromatic rings. The molecule has 0 spiro atoms. The number of nitrogens with zero attached hydrogens (tertiary/aromatic N) is 1. The second-order valence-electron chi connectivity index (χ2n) is 4.35. The third-order valence-corrected chi connectivity index (χ3v) is 3.19. The first-order valence-electron chi connectivity index (χ1n) is 6.05. The van der Waals surface area contributed by atoms with Crippen molar-refractivity contribution in [3.05, 3.63) is 47.0 Å². The van der Waals surface area contributed by atoms with Gasteiger partial charge >= 0.3 is 0 Å².